The van der Waals surface area contributed by atoms with Crippen LogP contribution in [0.15, 0.2) is 59.4 Å². The molecular formula is C23H24N4O3. The quantitative estimate of drug-likeness (QED) is 0.503. The lowest BCUT2D eigenvalue weighted by atomic mass is 10.1. The monoisotopic (exact) mass is 404 g/mol. The number of hydrogen-bond donors (Lipinski definition) is 0. The van der Waals surface area contributed by atoms with Gasteiger partial charge in [-0.2, -0.15) is 0 Å². The summed E-state index contributed by atoms with van der Waals surface area (Å²) >= 11 is 0. The Kier molecular flexibility index (Phi) is 4.98. The van der Waals surface area contributed by atoms with Gasteiger partial charge in [-0.25, -0.2) is 4.98 Å². The van der Waals surface area contributed by atoms with E-state index in [0.29, 0.717) is 6.61 Å². The highest BCUT2D eigenvalue weighted by atomic mass is 16.5. The van der Waals surface area contributed by atoms with E-state index in [1.807, 2.05) is 37.5 Å². The van der Waals surface area contributed by atoms with Gasteiger partial charge in [-0.1, -0.05) is 23.4 Å². The minimum Gasteiger partial charge on any atom is -0.497 e. The maximum absolute atomic E-state index is 6.10. The number of ether oxygens (including phenoxy) is 2. The number of hydrogen-bond acceptors (Lipinski definition) is 6. The molecule has 1 saturated heterocycles. The zero-order valence-electron chi connectivity index (χ0n) is 17.1. The molecule has 1 fully saturated rings. The number of morpholine rings is 1. The lowest BCUT2D eigenvalue weighted by Crippen LogP contribution is -2.38. The highest BCUT2D eigenvalue weighted by Gasteiger charge is 2.26. The molecule has 0 aliphatic carbocycles. The molecule has 0 N–H and O–H groups in total. The van der Waals surface area contributed by atoms with E-state index >= 15 is 0 Å². The average Bonchev–Trinajstić information content (AvgIpc) is 3.40. The molecule has 4 aromatic rings. The Labute approximate surface area is 174 Å². The smallest absolute Gasteiger partial charge is 0.133 e. The molecule has 4 heterocycles. The summed E-state index contributed by atoms with van der Waals surface area (Å²) in [6.07, 6.45) is 1.79. The fourth-order valence-corrected chi connectivity index (χ4v) is 4.04. The summed E-state index contributed by atoms with van der Waals surface area (Å²) in [6.45, 7) is 4.95. The van der Waals surface area contributed by atoms with Gasteiger partial charge in [0.1, 0.15) is 23.9 Å². The zero-order valence-corrected chi connectivity index (χ0v) is 17.1. The van der Waals surface area contributed by atoms with Gasteiger partial charge < -0.3 is 14.0 Å². The van der Waals surface area contributed by atoms with E-state index in [1.54, 1.807) is 7.11 Å². The SMILES string of the molecule is COc1cccc(-c2cccc3c(C4CN(Cc5cc(C)on5)CCO4)ncn23)c1. The molecule has 0 amide bonds. The molecule has 1 aromatic carbocycles. The number of rotatable bonds is 5. The number of pyridine rings is 1. The van der Waals surface area contributed by atoms with Crippen LogP contribution in [-0.2, 0) is 11.3 Å². The summed E-state index contributed by atoms with van der Waals surface area (Å²) in [6, 6.07) is 16.3. The van der Waals surface area contributed by atoms with Crippen molar-refractivity contribution in [3.63, 3.8) is 0 Å². The van der Waals surface area contributed by atoms with Crippen molar-refractivity contribution in [2.45, 2.75) is 19.6 Å². The molecule has 0 spiro atoms. The number of fused-ring (bicyclic) bond motifs is 1. The van der Waals surface area contributed by atoms with Crippen molar-refractivity contribution in [1.29, 1.82) is 0 Å². The molecule has 7 nitrogen and oxygen atoms in total. The van der Waals surface area contributed by atoms with Crippen LogP contribution in [-0.4, -0.2) is 46.2 Å². The van der Waals surface area contributed by atoms with Gasteiger partial charge in [0, 0.05) is 31.3 Å². The topological polar surface area (TPSA) is 65.0 Å². The van der Waals surface area contributed by atoms with E-state index in [4.69, 9.17) is 19.0 Å². The Balaban J connectivity index is 1.43. The Morgan fingerprint density at radius 3 is 2.90 bits per heavy atom. The van der Waals surface area contributed by atoms with Gasteiger partial charge in [-0.05, 0) is 31.2 Å². The summed E-state index contributed by atoms with van der Waals surface area (Å²) in [4.78, 5) is 7.08. The van der Waals surface area contributed by atoms with Crippen molar-refractivity contribution < 1.29 is 14.0 Å². The second-order valence-electron chi connectivity index (χ2n) is 7.55. The number of benzene rings is 1. The number of imidazole rings is 1. The molecule has 3 aromatic heterocycles. The highest BCUT2D eigenvalue weighted by Crippen LogP contribution is 2.30. The van der Waals surface area contributed by atoms with E-state index in [9.17, 15) is 0 Å². The third-order valence-electron chi connectivity index (χ3n) is 5.49. The summed E-state index contributed by atoms with van der Waals surface area (Å²) < 4.78 is 18.8. The van der Waals surface area contributed by atoms with E-state index in [1.165, 1.54) is 0 Å². The summed E-state index contributed by atoms with van der Waals surface area (Å²) in [5.74, 6) is 1.67. The molecule has 1 unspecified atom stereocenters. The molecule has 1 atom stereocenters. The second kappa shape index (κ2) is 7.93. The van der Waals surface area contributed by atoms with Gasteiger partial charge in [0.05, 0.1) is 36.3 Å². The maximum Gasteiger partial charge on any atom is 0.133 e. The van der Waals surface area contributed by atoms with Crippen LogP contribution in [0.2, 0.25) is 0 Å². The second-order valence-corrected chi connectivity index (χ2v) is 7.55. The van der Waals surface area contributed by atoms with Crippen molar-refractivity contribution in [3.8, 4) is 17.0 Å². The maximum atomic E-state index is 6.10. The Hall–Kier alpha value is -3.16. The lowest BCUT2D eigenvalue weighted by Gasteiger charge is -2.31. The van der Waals surface area contributed by atoms with E-state index in [2.05, 4.69) is 38.7 Å². The third-order valence-corrected chi connectivity index (χ3v) is 5.49. The van der Waals surface area contributed by atoms with Gasteiger partial charge >= 0.3 is 0 Å². The van der Waals surface area contributed by atoms with Gasteiger partial charge in [-0.15, -0.1) is 0 Å². The fraction of sp³-hybridized carbons (Fsp3) is 0.304. The molecule has 30 heavy (non-hydrogen) atoms. The molecular weight excluding hydrogens is 380 g/mol. The van der Waals surface area contributed by atoms with E-state index < -0.39 is 0 Å². The minimum absolute atomic E-state index is 0.0858. The third kappa shape index (κ3) is 3.58. The first-order valence-corrected chi connectivity index (χ1v) is 10.1. The van der Waals surface area contributed by atoms with Crippen molar-refractivity contribution >= 4 is 5.52 Å². The molecule has 1 aliphatic rings. The van der Waals surface area contributed by atoms with Crippen LogP contribution in [0.25, 0.3) is 16.8 Å². The molecule has 5 rings (SSSR count). The van der Waals surface area contributed by atoms with E-state index in [-0.39, 0.29) is 6.10 Å². The summed E-state index contributed by atoms with van der Waals surface area (Å²) in [7, 11) is 1.68. The average molecular weight is 404 g/mol. The van der Waals surface area contributed by atoms with Crippen molar-refractivity contribution in [3.05, 3.63) is 72.0 Å². The van der Waals surface area contributed by atoms with Crippen molar-refractivity contribution in [2.24, 2.45) is 0 Å². The van der Waals surface area contributed by atoms with Crippen LogP contribution in [0.3, 0.4) is 0 Å². The molecule has 154 valence electrons. The van der Waals surface area contributed by atoms with Gasteiger partial charge in [0.25, 0.3) is 0 Å². The first kappa shape index (κ1) is 18.8. The summed E-state index contributed by atoms with van der Waals surface area (Å²) in [5.41, 5.74) is 5.11. The van der Waals surface area contributed by atoms with Crippen LogP contribution in [0, 0.1) is 6.92 Å². The standard InChI is InChI=1S/C23H24N4O3/c1-16-11-18(25-30-16)13-26-9-10-29-22(14-26)23-21-8-4-7-20(27(21)15-24-23)17-5-3-6-19(12-17)28-2/h3-8,11-12,15,22H,9-10,13-14H2,1-2H3. The van der Waals surface area contributed by atoms with Gasteiger partial charge in [0.2, 0.25) is 0 Å². The van der Waals surface area contributed by atoms with Crippen molar-refractivity contribution in [2.75, 3.05) is 26.8 Å². The normalized spacial score (nSPS) is 17.5. The van der Waals surface area contributed by atoms with Crippen LogP contribution >= 0.6 is 0 Å². The first-order chi connectivity index (χ1) is 14.7. The molecule has 0 saturated carbocycles. The number of methoxy groups -OCH3 is 1. The largest absolute Gasteiger partial charge is 0.497 e. The molecule has 0 radical (unpaired) electrons. The lowest BCUT2D eigenvalue weighted by molar-refractivity contribution is -0.0346. The number of nitrogens with zero attached hydrogens (tertiary/aromatic N) is 4. The van der Waals surface area contributed by atoms with E-state index in [0.717, 1.165) is 59.3 Å². The minimum atomic E-state index is -0.0858. The van der Waals surface area contributed by atoms with Crippen LogP contribution in [0.1, 0.15) is 23.3 Å². The van der Waals surface area contributed by atoms with Gasteiger partial charge in [-0.3, -0.25) is 9.30 Å². The Morgan fingerprint density at radius 2 is 2.07 bits per heavy atom. The number of aryl methyl sites for hydroxylation is 1. The molecule has 1 aliphatic heterocycles. The molecule has 7 heteroatoms. The van der Waals surface area contributed by atoms with Crippen molar-refractivity contribution in [1.82, 2.24) is 19.4 Å². The predicted octanol–water partition coefficient (Wildman–Crippen LogP) is 3.88. The zero-order chi connectivity index (χ0) is 20.5. The molecule has 0 bridgehead atoms. The van der Waals surface area contributed by atoms with Crippen LogP contribution in [0.5, 0.6) is 5.75 Å². The highest BCUT2D eigenvalue weighted by molar-refractivity contribution is 5.67. The van der Waals surface area contributed by atoms with Crippen LogP contribution < -0.4 is 4.74 Å². The van der Waals surface area contributed by atoms with Crippen LogP contribution in [0.4, 0.5) is 0 Å². The fourth-order valence-electron chi connectivity index (χ4n) is 4.04. The Bertz CT molecular complexity index is 1170. The first-order valence-electron chi connectivity index (χ1n) is 10.1. The summed E-state index contributed by atoms with van der Waals surface area (Å²) in [5, 5.41) is 4.12. The Morgan fingerprint density at radius 1 is 1.17 bits per heavy atom. The predicted molar refractivity (Wildman–Crippen MR) is 112 cm³/mol. The van der Waals surface area contributed by atoms with Gasteiger partial charge in [0.15, 0.2) is 0 Å². The number of aromatic nitrogens is 3.